The zero-order chi connectivity index (χ0) is 32.6. The van der Waals surface area contributed by atoms with Crippen LogP contribution < -0.4 is 16.0 Å². The first-order chi connectivity index (χ1) is 22.1. The first-order valence-corrected chi connectivity index (χ1v) is 15.5. The number of furan rings is 1. The number of rotatable bonds is 10. The first kappa shape index (κ1) is 32.3. The standard InChI is InChI=1S/C36H29ClFN3O4S/c1-22-8-10-24(11-9-22)33-19-15-28(45-33)21-32(41-35(43)25-6-4-3-5-7-25)36(44)39-26-12-16-29(17-13-26)46-23(2)34(42)40-27-14-18-30(37)31(38)20-27/h3-21,23H,1-2H3,(H,39,44)(H,40,42)(H,41,43)/b32-21-/t23-/m0/s1. The van der Waals surface area contributed by atoms with Gasteiger partial charge in [-0.2, -0.15) is 0 Å². The first-order valence-electron chi connectivity index (χ1n) is 14.2. The van der Waals surface area contributed by atoms with Crippen molar-refractivity contribution in [2.45, 2.75) is 24.0 Å². The Hall–Kier alpha value is -5.12. The van der Waals surface area contributed by atoms with Crippen LogP contribution in [-0.2, 0) is 9.59 Å². The van der Waals surface area contributed by atoms with Gasteiger partial charge < -0.3 is 20.4 Å². The Morgan fingerprint density at radius 3 is 2.24 bits per heavy atom. The maximum atomic E-state index is 13.7. The lowest BCUT2D eigenvalue weighted by Gasteiger charge is -2.13. The summed E-state index contributed by atoms with van der Waals surface area (Å²) in [7, 11) is 0. The van der Waals surface area contributed by atoms with Gasteiger partial charge in [0.25, 0.3) is 11.8 Å². The van der Waals surface area contributed by atoms with Crippen LogP contribution in [0.5, 0.6) is 0 Å². The molecule has 5 rings (SSSR count). The summed E-state index contributed by atoms with van der Waals surface area (Å²) in [5, 5.41) is 7.67. The van der Waals surface area contributed by atoms with Gasteiger partial charge in [0, 0.05) is 33.5 Å². The van der Waals surface area contributed by atoms with Crippen LogP contribution >= 0.6 is 23.4 Å². The average Bonchev–Trinajstić information content (AvgIpc) is 3.52. The smallest absolute Gasteiger partial charge is 0.272 e. The Kier molecular flexibility index (Phi) is 10.4. The molecule has 1 heterocycles. The number of anilines is 2. The number of hydrogen-bond acceptors (Lipinski definition) is 5. The molecule has 0 bridgehead atoms. The van der Waals surface area contributed by atoms with Gasteiger partial charge in [0.1, 0.15) is 23.0 Å². The van der Waals surface area contributed by atoms with Crippen LogP contribution in [0.1, 0.15) is 28.6 Å². The normalized spacial score (nSPS) is 11.9. The molecule has 1 atom stereocenters. The van der Waals surface area contributed by atoms with Gasteiger partial charge in [-0.15, -0.1) is 11.8 Å². The molecule has 4 aromatic carbocycles. The monoisotopic (exact) mass is 653 g/mol. The summed E-state index contributed by atoms with van der Waals surface area (Å²) in [4.78, 5) is 39.8. The lowest BCUT2D eigenvalue weighted by molar-refractivity contribution is -0.115. The second-order valence-corrected chi connectivity index (χ2v) is 12.1. The third-order valence-electron chi connectivity index (χ3n) is 6.76. The maximum Gasteiger partial charge on any atom is 0.272 e. The van der Waals surface area contributed by atoms with Crippen molar-refractivity contribution < 1.29 is 23.2 Å². The molecule has 0 radical (unpaired) electrons. The van der Waals surface area contributed by atoms with Crippen molar-refractivity contribution in [3.05, 3.63) is 143 Å². The molecule has 0 unspecified atom stereocenters. The van der Waals surface area contributed by atoms with Crippen molar-refractivity contribution in [2.75, 3.05) is 10.6 Å². The van der Waals surface area contributed by atoms with Gasteiger partial charge in [0.2, 0.25) is 5.91 Å². The van der Waals surface area contributed by atoms with E-state index in [0.29, 0.717) is 28.5 Å². The van der Waals surface area contributed by atoms with Gasteiger partial charge in [-0.3, -0.25) is 14.4 Å². The molecule has 0 saturated carbocycles. The highest BCUT2D eigenvalue weighted by atomic mass is 35.5. The van der Waals surface area contributed by atoms with E-state index in [-0.39, 0.29) is 16.6 Å². The summed E-state index contributed by atoms with van der Waals surface area (Å²) in [5.41, 5.74) is 3.16. The second-order valence-electron chi connectivity index (χ2n) is 10.3. The number of amides is 3. The molecule has 0 aliphatic rings. The van der Waals surface area contributed by atoms with E-state index in [1.807, 2.05) is 31.2 Å². The Morgan fingerprint density at radius 1 is 0.848 bits per heavy atom. The van der Waals surface area contributed by atoms with Crippen molar-refractivity contribution in [1.29, 1.82) is 0 Å². The van der Waals surface area contributed by atoms with Gasteiger partial charge in [0.05, 0.1) is 10.3 Å². The number of carbonyl (C=O) groups is 3. The molecule has 46 heavy (non-hydrogen) atoms. The molecule has 3 amide bonds. The molecule has 0 spiro atoms. The van der Waals surface area contributed by atoms with Crippen LogP contribution in [0.2, 0.25) is 5.02 Å². The molecular weight excluding hydrogens is 625 g/mol. The number of benzene rings is 4. The summed E-state index contributed by atoms with van der Waals surface area (Å²) < 4.78 is 19.7. The van der Waals surface area contributed by atoms with Gasteiger partial charge in [-0.25, -0.2) is 4.39 Å². The minimum absolute atomic E-state index is 0.0129. The summed E-state index contributed by atoms with van der Waals surface area (Å²) in [6.07, 6.45) is 1.48. The summed E-state index contributed by atoms with van der Waals surface area (Å²) in [6.45, 7) is 3.73. The summed E-state index contributed by atoms with van der Waals surface area (Å²) in [6, 6.07) is 30.9. The average molecular weight is 654 g/mol. The molecule has 0 aliphatic heterocycles. The number of hydrogen-bond donors (Lipinski definition) is 3. The Balaban J connectivity index is 1.28. The Labute approximate surface area is 274 Å². The molecule has 7 nitrogen and oxygen atoms in total. The van der Waals surface area contributed by atoms with Crippen molar-refractivity contribution in [1.82, 2.24) is 5.32 Å². The van der Waals surface area contributed by atoms with E-state index < -0.39 is 22.9 Å². The highest BCUT2D eigenvalue weighted by Crippen LogP contribution is 2.27. The van der Waals surface area contributed by atoms with E-state index in [1.165, 1.54) is 30.0 Å². The lowest BCUT2D eigenvalue weighted by Crippen LogP contribution is -2.30. The number of nitrogens with one attached hydrogen (secondary N) is 3. The van der Waals surface area contributed by atoms with Crippen molar-refractivity contribution in [3.8, 4) is 11.3 Å². The zero-order valence-corrected chi connectivity index (χ0v) is 26.4. The van der Waals surface area contributed by atoms with Crippen molar-refractivity contribution in [2.24, 2.45) is 0 Å². The van der Waals surface area contributed by atoms with Gasteiger partial charge in [-0.05, 0) is 80.6 Å². The van der Waals surface area contributed by atoms with E-state index in [4.69, 9.17) is 16.0 Å². The summed E-state index contributed by atoms with van der Waals surface area (Å²) in [5.74, 6) is -0.928. The minimum atomic E-state index is -0.619. The van der Waals surface area contributed by atoms with E-state index in [1.54, 1.807) is 73.7 Å². The largest absolute Gasteiger partial charge is 0.457 e. The third kappa shape index (κ3) is 8.53. The van der Waals surface area contributed by atoms with Gasteiger partial charge in [0.15, 0.2) is 0 Å². The molecule has 0 saturated heterocycles. The number of aryl methyl sites for hydroxylation is 1. The fraction of sp³-hybridized carbons (Fsp3) is 0.0833. The van der Waals surface area contributed by atoms with E-state index in [2.05, 4.69) is 16.0 Å². The third-order valence-corrected chi connectivity index (χ3v) is 8.18. The van der Waals surface area contributed by atoms with E-state index >= 15 is 0 Å². The van der Waals surface area contributed by atoms with Crippen LogP contribution in [0, 0.1) is 12.7 Å². The van der Waals surface area contributed by atoms with Crippen LogP contribution in [0.25, 0.3) is 17.4 Å². The molecule has 10 heteroatoms. The summed E-state index contributed by atoms with van der Waals surface area (Å²) >= 11 is 7.01. The van der Waals surface area contributed by atoms with Crippen LogP contribution in [0.3, 0.4) is 0 Å². The number of halogens is 2. The van der Waals surface area contributed by atoms with Gasteiger partial charge in [-0.1, -0.05) is 59.6 Å². The number of thioether (sulfide) groups is 1. The zero-order valence-electron chi connectivity index (χ0n) is 24.8. The Morgan fingerprint density at radius 2 is 1.54 bits per heavy atom. The fourth-order valence-electron chi connectivity index (χ4n) is 4.28. The van der Waals surface area contributed by atoms with Crippen molar-refractivity contribution >= 4 is 58.5 Å². The molecule has 0 aliphatic carbocycles. The van der Waals surface area contributed by atoms with Crippen LogP contribution in [0.15, 0.2) is 124 Å². The lowest BCUT2D eigenvalue weighted by atomic mass is 10.1. The quantitative estimate of drug-likeness (QED) is 0.104. The van der Waals surface area contributed by atoms with Gasteiger partial charge >= 0.3 is 0 Å². The predicted molar refractivity (Wildman–Crippen MR) is 181 cm³/mol. The van der Waals surface area contributed by atoms with E-state index in [9.17, 15) is 18.8 Å². The molecule has 0 fully saturated rings. The molecule has 1 aromatic heterocycles. The molecule has 232 valence electrons. The van der Waals surface area contributed by atoms with Crippen LogP contribution in [0.4, 0.5) is 15.8 Å². The van der Waals surface area contributed by atoms with E-state index in [0.717, 1.165) is 22.1 Å². The molecular formula is C36H29ClFN3O4S. The van der Waals surface area contributed by atoms with Crippen molar-refractivity contribution in [3.63, 3.8) is 0 Å². The molecule has 3 N–H and O–H groups in total. The minimum Gasteiger partial charge on any atom is -0.457 e. The topological polar surface area (TPSA) is 100 Å². The maximum absolute atomic E-state index is 13.7. The fourth-order valence-corrected chi connectivity index (χ4v) is 5.26. The number of carbonyl (C=O) groups excluding carboxylic acids is 3. The highest BCUT2D eigenvalue weighted by Gasteiger charge is 2.18. The second kappa shape index (κ2) is 14.8. The van der Waals surface area contributed by atoms with Crippen LogP contribution in [-0.4, -0.2) is 23.0 Å². The Bertz CT molecular complexity index is 1890. The molecule has 5 aromatic rings. The highest BCUT2D eigenvalue weighted by molar-refractivity contribution is 8.00. The SMILES string of the molecule is Cc1ccc(-c2ccc(/C=C(\NC(=O)c3ccccc3)C(=O)Nc3ccc(S[C@@H](C)C(=O)Nc4ccc(Cl)c(F)c4)cc3)o2)cc1. The predicted octanol–water partition coefficient (Wildman–Crippen LogP) is 8.58.